The Bertz CT molecular complexity index is 688. The van der Waals surface area contributed by atoms with E-state index >= 15 is 0 Å². The Labute approximate surface area is 90.4 Å². The molecule has 1 heterocycles. The van der Waals surface area contributed by atoms with E-state index in [4.69, 9.17) is 4.55 Å². The highest BCUT2D eigenvalue weighted by molar-refractivity contribution is 7.81. The monoisotopic (exact) mass is 241 g/mol. The van der Waals surface area contributed by atoms with Crippen LogP contribution in [-0.4, -0.2) is 18.0 Å². The summed E-state index contributed by atoms with van der Waals surface area (Å²) in [5.41, 5.74) is -0.0917. The van der Waals surface area contributed by atoms with Gasteiger partial charge in [0.1, 0.15) is 0 Å². The highest BCUT2D eigenvalue weighted by Crippen LogP contribution is 2.22. The van der Waals surface area contributed by atoms with Crippen molar-refractivity contribution in [2.75, 3.05) is 0 Å². The highest BCUT2D eigenvalue weighted by atomic mass is 32.3. The standard InChI is InChI=1S/C9H7NO5S/c11-9-5-8(15-16(12,13)14)6-3-1-2-4-7(6)10-9/h1-5H,(H,10,11)(H,12,13,14). The summed E-state index contributed by atoms with van der Waals surface area (Å²) >= 11 is 0. The van der Waals surface area contributed by atoms with Crippen molar-refractivity contribution < 1.29 is 17.2 Å². The van der Waals surface area contributed by atoms with Crippen LogP contribution in [0, 0.1) is 0 Å². The molecule has 0 aliphatic heterocycles. The SMILES string of the molecule is O=c1cc(OS(=O)(=O)O)c2ccccc2[nH]1. The second-order valence-electron chi connectivity index (χ2n) is 3.05. The third-order valence-corrected chi connectivity index (χ3v) is 2.30. The van der Waals surface area contributed by atoms with Crippen molar-refractivity contribution in [3.8, 4) is 5.75 Å². The average Bonchev–Trinajstić information content (AvgIpc) is 2.14. The van der Waals surface area contributed by atoms with Gasteiger partial charge in [-0.25, -0.2) is 0 Å². The molecule has 1 aromatic heterocycles. The Morgan fingerprint density at radius 2 is 1.94 bits per heavy atom. The molecule has 0 aliphatic carbocycles. The molecule has 16 heavy (non-hydrogen) atoms. The number of hydrogen-bond acceptors (Lipinski definition) is 4. The van der Waals surface area contributed by atoms with E-state index in [2.05, 4.69) is 9.17 Å². The van der Waals surface area contributed by atoms with Gasteiger partial charge in [0.2, 0.25) is 0 Å². The van der Waals surface area contributed by atoms with Gasteiger partial charge in [-0.05, 0) is 12.1 Å². The quantitative estimate of drug-likeness (QED) is 0.755. The Morgan fingerprint density at radius 3 is 2.62 bits per heavy atom. The van der Waals surface area contributed by atoms with Gasteiger partial charge in [0.05, 0.1) is 5.52 Å². The molecule has 84 valence electrons. The van der Waals surface area contributed by atoms with Gasteiger partial charge >= 0.3 is 10.4 Å². The van der Waals surface area contributed by atoms with E-state index in [-0.39, 0.29) is 5.75 Å². The summed E-state index contributed by atoms with van der Waals surface area (Å²) in [4.78, 5) is 13.7. The molecule has 2 N–H and O–H groups in total. The van der Waals surface area contributed by atoms with Crippen LogP contribution in [0.4, 0.5) is 0 Å². The minimum absolute atomic E-state index is 0.207. The molecule has 2 aromatic rings. The first kappa shape index (κ1) is 10.7. The van der Waals surface area contributed by atoms with Crippen LogP contribution in [0.3, 0.4) is 0 Å². The zero-order chi connectivity index (χ0) is 11.8. The summed E-state index contributed by atoms with van der Waals surface area (Å²) in [7, 11) is -4.64. The number of nitrogens with one attached hydrogen (secondary N) is 1. The second kappa shape index (κ2) is 3.62. The Morgan fingerprint density at radius 1 is 1.25 bits per heavy atom. The molecule has 0 unspecified atom stereocenters. The number of hydrogen-bond donors (Lipinski definition) is 2. The summed E-state index contributed by atoms with van der Waals surface area (Å²) < 4.78 is 34.0. The largest absolute Gasteiger partial charge is 0.446 e. The number of H-pyrrole nitrogens is 1. The van der Waals surface area contributed by atoms with Crippen molar-refractivity contribution in [2.24, 2.45) is 0 Å². The lowest BCUT2D eigenvalue weighted by Crippen LogP contribution is -2.11. The van der Waals surface area contributed by atoms with E-state index < -0.39 is 16.0 Å². The molecule has 2 rings (SSSR count). The zero-order valence-electron chi connectivity index (χ0n) is 7.88. The molecule has 0 fully saturated rings. The number of pyridine rings is 1. The van der Waals surface area contributed by atoms with Crippen molar-refractivity contribution in [3.63, 3.8) is 0 Å². The number of aromatic amines is 1. The molecule has 7 heteroatoms. The molecule has 0 bridgehead atoms. The Kier molecular flexibility index (Phi) is 2.41. The van der Waals surface area contributed by atoms with Crippen LogP contribution in [0.2, 0.25) is 0 Å². The molecule has 6 nitrogen and oxygen atoms in total. The fraction of sp³-hybridized carbons (Fsp3) is 0. The predicted octanol–water partition coefficient (Wildman–Crippen LogP) is 0.710. The molecule has 0 aliphatic rings. The van der Waals surface area contributed by atoms with Crippen molar-refractivity contribution >= 4 is 21.3 Å². The molecule has 0 spiro atoms. The predicted molar refractivity (Wildman–Crippen MR) is 56.7 cm³/mol. The van der Waals surface area contributed by atoms with E-state index in [1.54, 1.807) is 24.3 Å². The van der Waals surface area contributed by atoms with Crippen LogP contribution in [0.15, 0.2) is 35.1 Å². The average molecular weight is 241 g/mol. The normalized spacial score (nSPS) is 11.6. The van der Waals surface area contributed by atoms with Gasteiger partial charge < -0.3 is 9.17 Å². The minimum atomic E-state index is -4.64. The van der Waals surface area contributed by atoms with Gasteiger partial charge in [0.15, 0.2) is 5.75 Å². The lowest BCUT2D eigenvalue weighted by Gasteiger charge is -2.04. The van der Waals surface area contributed by atoms with Gasteiger partial charge in [0, 0.05) is 11.5 Å². The smallest absolute Gasteiger partial charge is 0.361 e. The van der Waals surface area contributed by atoms with Crippen LogP contribution in [-0.2, 0) is 10.4 Å². The van der Waals surface area contributed by atoms with E-state index in [1.807, 2.05) is 0 Å². The summed E-state index contributed by atoms with van der Waals surface area (Å²) in [6.07, 6.45) is 0. The lowest BCUT2D eigenvalue weighted by molar-refractivity contribution is 0.388. The molecule has 0 amide bonds. The molecular weight excluding hydrogens is 234 g/mol. The molecule has 1 aromatic carbocycles. The lowest BCUT2D eigenvalue weighted by atomic mass is 10.2. The molecular formula is C9H7NO5S. The maximum Gasteiger partial charge on any atom is 0.446 e. The maximum absolute atomic E-state index is 11.2. The van der Waals surface area contributed by atoms with Crippen LogP contribution >= 0.6 is 0 Å². The van der Waals surface area contributed by atoms with Crippen molar-refractivity contribution in [1.29, 1.82) is 0 Å². The van der Waals surface area contributed by atoms with Gasteiger partial charge in [-0.1, -0.05) is 12.1 Å². The number of fused-ring (bicyclic) bond motifs is 1. The first-order chi connectivity index (χ1) is 7.46. The first-order valence-corrected chi connectivity index (χ1v) is 5.61. The van der Waals surface area contributed by atoms with Crippen LogP contribution in [0.1, 0.15) is 0 Å². The van der Waals surface area contributed by atoms with Crippen LogP contribution < -0.4 is 9.74 Å². The number of aromatic nitrogens is 1. The zero-order valence-corrected chi connectivity index (χ0v) is 8.69. The Balaban J connectivity index is 2.73. The van der Waals surface area contributed by atoms with E-state index in [0.29, 0.717) is 10.9 Å². The topological polar surface area (TPSA) is 96.5 Å². The highest BCUT2D eigenvalue weighted by Gasteiger charge is 2.11. The molecule has 0 saturated heterocycles. The van der Waals surface area contributed by atoms with E-state index in [0.717, 1.165) is 6.07 Å². The van der Waals surface area contributed by atoms with Crippen molar-refractivity contribution in [2.45, 2.75) is 0 Å². The van der Waals surface area contributed by atoms with Crippen LogP contribution in [0.25, 0.3) is 10.9 Å². The summed E-state index contributed by atoms with van der Waals surface area (Å²) in [6, 6.07) is 7.43. The fourth-order valence-electron chi connectivity index (χ4n) is 1.36. The molecule has 0 saturated carbocycles. The number of benzene rings is 1. The van der Waals surface area contributed by atoms with E-state index in [1.165, 1.54) is 0 Å². The van der Waals surface area contributed by atoms with Gasteiger partial charge in [-0.3, -0.25) is 9.35 Å². The van der Waals surface area contributed by atoms with Gasteiger partial charge in [-0.2, -0.15) is 8.42 Å². The maximum atomic E-state index is 11.2. The summed E-state index contributed by atoms with van der Waals surface area (Å²) in [5, 5.41) is 0.389. The third-order valence-electron chi connectivity index (χ3n) is 1.91. The molecule has 0 atom stereocenters. The van der Waals surface area contributed by atoms with Gasteiger partial charge in [0.25, 0.3) is 5.56 Å². The minimum Gasteiger partial charge on any atom is -0.361 e. The van der Waals surface area contributed by atoms with E-state index in [9.17, 15) is 13.2 Å². The van der Waals surface area contributed by atoms with Crippen molar-refractivity contribution in [1.82, 2.24) is 4.98 Å². The van der Waals surface area contributed by atoms with Crippen LogP contribution in [0.5, 0.6) is 5.75 Å². The fourth-order valence-corrected chi connectivity index (χ4v) is 1.72. The molecule has 0 radical (unpaired) electrons. The summed E-state index contributed by atoms with van der Waals surface area (Å²) in [5.74, 6) is -0.207. The number of rotatable bonds is 2. The first-order valence-electron chi connectivity index (χ1n) is 4.25. The second-order valence-corrected chi connectivity index (χ2v) is 4.08. The Hall–Kier alpha value is -1.86. The number of para-hydroxylation sites is 1. The summed E-state index contributed by atoms with van der Waals surface area (Å²) in [6.45, 7) is 0. The third kappa shape index (κ3) is 2.20. The van der Waals surface area contributed by atoms with Crippen molar-refractivity contribution in [3.05, 3.63) is 40.7 Å². The van der Waals surface area contributed by atoms with Gasteiger partial charge in [-0.15, -0.1) is 0 Å².